The molecule has 1 aromatic carbocycles. The number of aryl methyl sites for hydroxylation is 1. The molecular weight excluding hydrogens is 346 g/mol. The van der Waals surface area contributed by atoms with Gasteiger partial charge in [0.2, 0.25) is 12.1 Å². The highest BCUT2D eigenvalue weighted by Gasteiger charge is 2.36. The van der Waals surface area contributed by atoms with Crippen LogP contribution >= 0.6 is 0 Å². The SMILES string of the molecule is Cc1c(C(N)=O)oc2ncccc12.O=CN1CCC(O)(c2ccccc2)C1. The Bertz CT molecular complexity index is 954. The monoisotopic (exact) mass is 367 g/mol. The number of hydrogen-bond donors (Lipinski definition) is 2. The van der Waals surface area contributed by atoms with Crippen molar-refractivity contribution in [3.05, 3.63) is 65.5 Å². The van der Waals surface area contributed by atoms with Gasteiger partial charge in [-0.3, -0.25) is 9.59 Å². The Hall–Kier alpha value is -3.19. The summed E-state index contributed by atoms with van der Waals surface area (Å²) in [6.45, 7) is 2.82. The van der Waals surface area contributed by atoms with Gasteiger partial charge in [-0.25, -0.2) is 4.98 Å². The van der Waals surface area contributed by atoms with E-state index in [-0.39, 0.29) is 5.76 Å². The Morgan fingerprint density at radius 1 is 1.30 bits per heavy atom. The molecule has 0 saturated carbocycles. The van der Waals surface area contributed by atoms with E-state index in [0.717, 1.165) is 22.9 Å². The Morgan fingerprint density at radius 2 is 2.04 bits per heavy atom. The number of carbonyl (C=O) groups excluding carboxylic acids is 2. The van der Waals surface area contributed by atoms with Gasteiger partial charge in [0.05, 0.1) is 6.54 Å². The molecule has 3 aromatic rings. The summed E-state index contributed by atoms with van der Waals surface area (Å²) in [4.78, 5) is 27.0. The van der Waals surface area contributed by atoms with Crippen molar-refractivity contribution in [2.24, 2.45) is 5.73 Å². The lowest BCUT2D eigenvalue weighted by atomic mass is 9.93. The van der Waals surface area contributed by atoms with Crippen molar-refractivity contribution in [1.82, 2.24) is 9.88 Å². The number of furan rings is 1. The summed E-state index contributed by atoms with van der Waals surface area (Å²) >= 11 is 0. The summed E-state index contributed by atoms with van der Waals surface area (Å²) in [5.74, 6) is -0.371. The number of aromatic nitrogens is 1. The predicted octanol–water partition coefficient (Wildman–Crippen LogP) is 1.97. The first-order chi connectivity index (χ1) is 12.9. The van der Waals surface area contributed by atoms with Gasteiger partial charge in [0, 0.05) is 23.7 Å². The van der Waals surface area contributed by atoms with Crippen LogP contribution in [0, 0.1) is 6.92 Å². The van der Waals surface area contributed by atoms with Gasteiger partial charge in [-0.05, 0) is 31.0 Å². The number of aliphatic hydroxyl groups is 1. The highest BCUT2D eigenvalue weighted by atomic mass is 16.4. The maximum absolute atomic E-state index is 10.9. The summed E-state index contributed by atoms with van der Waals surface area (Å²) in [5.41, 5.74) is 6.36. The molecule has 1 fully saturated rings. The first-order valence-electron chi connectivity index (χ1n) is 8.56. The van der Waals surface area contributed by atoms with Crippen molar-refractivity contribution >= 4 is 23.4 Å². The molecule has 140 valence electrons. The van der Waals surface area contributed by atoms with E-state index in [1.165, 1.54) is 0 Å². The first kappa shape index (κ1) is 18.6. The van der Waals surface area contributed by atoms with Crippen LogP contribution in [-0.2, 0) is 10.4 Å². The van der Waals surface area contributed by atoms with Crippen LogP contribution in [0.5, 0.6) is 0 Å². The van der Waals surface area contributed by atoms with Gasteiger partial charge in [-0.1, -0.05) is 30.3 Å². The molecule has 1 unspecified atom stereocenters. The number of primary amides is 1. The second-order valence-electron chi connectivity index (χ2n) is 6.50. The fourth-order valence-corrected chi connectivity index (χ4v) is 3.18. The van der Waals surface area contributed by atoms with E-state index < -0.39 is 11.5 Å². The average Bonchev–Trinajstić information content (AvgIpc) is 3.25. The van der Waals surface area contributed by atoms with Crippen LogP contribution in [0.3, 0.4) is 0 Å². The number of nitrogens with two attached hydrogens (primary N) is 1. The van der Waals surface area contributed by atoms with Gasteiger partial charge in [0.15, 0.2) is 5.76 Å². The normalized spacial score (nSPS) is 18.8. The van der Waals surface area contributed by atoms with E-state index in [2.05, 4.69) is 4.98 Å². The van der Waals surface area contributed by atoms with Crippen LogP contribution < -0.4 is 5.73 Å². The third kappa shape index (κ3) is 3.83. The minimum Gasteiger partial charge on any atom is -0.432 e. The third-order valence-electron chi connectivity index (χ3n) is 4.68. The summed E-state index contributed by atoms with van der Waals surface area (Å²) in [7, 11) is 0. The molecular formula is C20H21N3O4. The predicted molar refractivity (Wildman–Crippen MR) is 99.9 cm³/mol. The van der Waals surface area contributed by atoms with E-state index in [1.807, 2.05) is 36.4 Å². The molecule has 1 atom stereocenters. The fraction of sp³-hybridized carbons (Fsp3) is 0.250. The minimum absolute atomic E-state index is 0.189. The van der Waals surface area contributed by atoms with Gasteiger partial charge in [-0.15, -0.1) is 0 Å². The highest BCUT2D eigenvalue weighted by Crippen LogP contribution is 2.30. The molecule has 3 heterocycles. The Balaban J connectivity index is 0.000000156. The van der Waals surface area contributed by atoms with Crippen molar-refractivity contribution in [2.45, 2.75) is 18.9 Å². The molecule has 0 aliphatic carbocycles. The van der Waals surface area contributed by atoms with Crippen LogP contribution in [0.1, 0.15) is 28.1 Å². The molecule has 1 aliphatic rings. The summed E-state index contributed by atoms with van der Waals surface area (Å²) in [6, 6.07) is 13.1. The van der Waals surface area contributed by atoms with Crippen LogP contribution in [0.2, 0.25) is 0 Å². The summed E-state index contributed by atoms with van der Waals surface area (Å²) in [6.07, 6.45) is 3.02. The van der Waals surface area contributed by atoms with Crippen LogP contribution in [0.4, 0.5) is 0 Å². The van der Waals surface area contributed by atoms with Crippen molar-refractivity contribution in [3.8, 4) is 0 Å². The minimum atomic E-state index is -0.845. The van der Waals surface area contributed by atoms with Crippen molar-refractivity contribution in [1.29, 1.82) is 0 Å². The number of benzene rings is 1. The number of likely N-dealkylation sites (tertiary alicyclic amines) is 1. The molecule has 4 rings (SSSR count). The van der Waals surface area contributed by atoms with Crippen LogP contribution in [-0.4, -0.2) is 40.4 Å². The number of amides is 2. The lowest BCUT2D eigenvalue weighted by molar-refractivity contribution is -0.118. The van der Waals surface area contributed by atoms with E-state index >= 15 is 0 Å². The highest BCUT2D eigenvalue weighted by molar-refractivity contribution is 5.97. The fourth-order valence-electron chi connectivity index (χ4n) is 3.18. The lowest BCUT2D eigenvalue weighted by Gasteiger charge is -2.22. The first-order valence-corrected chi connectivity index (χ1v) is 8.56. The Labute approximate surface area is 156 Å². The van der Waals surface area contributed by atoms with Gasteiger partial charge >= 0.3 is 0 Å². The number of β-amino-alcohol motifs (C(OH)–C–C–N with tert-alkyl or cyclic N) is 1. The van der Waals surface area contributed by atoms with Crippen molar-refractivity contribution < 1.29 is 19.1 Å². The molecule has 0 spiro atoms. The molecule has 1 aliphatic heterocycles. The van der Waals surface area contributed by atoms with Crippen molar-refractivity contribution in [2.75, 3.05) is 13.1 Å². The number of nitrogens with zero attached hydrogens (tertiary/aromatic N) is 2. The Kier molecular flexibility index (Phi) is 5.23. The van der Waals surface area contributed by atoms with E-state index in [1.54, 1.807) is 24.1 Å². The molecule has 7 heteroatoms. The number of pyridine rings is 1. The zero-order valence-corrected chi connectivity index (χ0v) is 15.0. The van der Waals surface area contributed by atoms with E-state index in [0.29, 0.717) is 25.2 Å². The zero-order valence-electron chi connectivity index (χ0n) is 15.0. The molecule has 1 saturated heterocycles. The maximum atomic E-state index is 10.9. The number of carbonyl (C=O) groups is 2. The number of rotatable bonds is 3. The topological polar surface area (TPSA) is 110 Å². The second-order valence-corrected chi connectivity index (χ2v) is 6.50. The number of hydrogen-bond acceptors (Lipinski definition) is 5. The van der Waals surface area contributed by atoms with Gasteiger partial charge < -0.3 is 20.2 Å². The van der Waals surface area contributed by atoms with Crippen molar-refractivity contribution in [3.63, 3.8) is 0 Å². The van der Waals surface area contributed by atoms with Gasteiger partial charge in [0.25, 0.3) is 5.91 Å². The smallest absolute Gasteiger partial charge is 0.284 e. The molecule has 2 aromatic heterocycles. The van der Waals surface area contributed by atoms with Crippen LogP contribution in [0.15, 0.2) is 53.1 Å². The molecule has 7 nitrogen and oxygen atoms in total. The maximum Gasteiger partial charge on any atom is 0.284 e. The molecule has 27 heavy (non-hydrogen) atoms. The molecule has 2 amide bonds. The van der Waals surface area contributed by atoms with E-state index in [4.69, 9.17) is 10.2 Å². The lowest BCUT2D eigenvalue weighted by Crippen LogP contribution is -2.30. The van der Waals surface area contributed by atoms with Crippen LogP contribution in [0.25, 0.3) is 11.1 Å². The molecule has 0 radical (unpaired) electrons. The summed E-state index contributed by atoms with van der Waals surface area (Å²) < 4.78 is 5.17. The summed E-state index contributed by atoms with van der Waals surface area (Å²) in [5, 5.41) is 11.1. The van der Waals surface area contributed by atoms with Gasteiger partial charge in [0.1, 0.15) is 5.60 Å². The molecule has 3 N–H and O–H groups in total. The quantitative estimate of drug-likeness (QED) is 0.688. The van der Waals surface area contributed by atoms with E-state index in [9.17, 15) is 14.7 Å². The average molecular weight is 367 g/mol. The standard InChI is InChI=1S/C11H13NO2.C9H8N2O2/c13-9-12-7-6-11(14,8-12)10-4-2-1-3-5-10;1-5-6-3-2-4-11-9(6)13-7(5)8(10)12/h1-5,9,14H,6-8H2;2-4H,1H3,(H2,10,12). The largest absolute Gasteiger partial charge is 0.432 e. The molecule has 0 bridgehead atoms. The number of fused-ring (bicyclic) bond motifs is 1. The Morgan fingerprint density at radius 3 is 2.63 bits per heavy atom. The third-order valence-corrected chi connectivity index (χ3v) is 4.68. The second kappa shape index (κ2) is 7.59. The zero-order chi connectivity index (χ0) is 19.4. The van der Waals surface area contributed by atoms with Gasteiger partial charge in [-0.2, -0.15) is 0 Å².